The standard InChI is InChI=1S/C18H19ClFNO2/c1-18(2,12-7-9-13(19)10-8-12)17(23)21-11-16(22)14-5-3-4-6-15(14)20/h3-10,16,22H,11H2,1-2H3,(H,21,23). The van der Waals surface area contributed by atoms with E-state index in [2.05, 4.69) is 5.32 Å². The predicted molar refractivity (Wildman–Crippen MR) is 88.8 cm³/mol. The highest BCUT2D eigenvalue weighted by molar-refractivity contribution is 6.30. The van der Waals surface area contributed by atoms with Crippen LogP contribution in [0.4, 0.5) is 4.39 Å². The van der Waals surface area contributed by atoms with Crippen LogP contribution >= 0.6 is 11.6 Å². The van der Waals surface area contributed by atoms with Gasteiger partial charge in [0.15, 0.2) is 0 Å². The Hall–Kier alpha value is -1.91. The second kappa shape index (κ2) is 7.11. The van der Waals surface area contributed by atoms with Gasteiger partial charge in [0.1, 0.15) is 5.82 Å². The van der Waals surface area contributed by atoms with Crippen LogP contribution in [0.5, 0.6) is 0 Å². The van der Waals surface area contributed by atoms with Crippen molar-refractivity contribution in [2.24, 2.45) is 0 Å². The molecule has 5 heteroatoms. The van der Waals surface area contributed by atoms with E-state index in [1.165, 1.54) is 12.1 Å². The van der Waals surface area contributed by atoms with Crippen LogP contribution in [0, 0.1) is 5.82 Å². The van der Waals surface area contributed by atoms with E-state index < -0.39 is 17.3 Å². The molecule has 0 radical (unpaired) electrons. The molecule has 23 heavy (non-hydrogen) atoms. The van der Waals surface area contributed by atoms with Gasteiger partial charge >= 0.3 is 0 Å². The van der Waals surface area contributed by atoms with Gasteiger partial charge in [-0.15, -0.1) is 0 Å². The van der Waals surface area contributed by atoms with E-state index in [1.807, 2.05) is 0 Å². The average molecular weight is 336 g/mol. The summed E-state index contributed by atoms with van der Waals surface area (Å²) in [4.78, 5) is 12.4. The molecule has 1 atom stereocenters. The largest absolute Gasteiger partial charge is 0.386 e. The highest BCUT2D eigenvalue weighted by Crippen LogP contribution is 2.25. The molecule has 0 bridgehead atoms. The fourth-order valence-electron chi connectivity index (χ4n) is 2.26. The van der Waals surface area contributed by atoms with E-state index in [0.29, 0.717) is 5.02 Å². The minimum Gasteiger partial charge on any atom is -0.386 e. The lowest BCUT2D eigenvalue weighted by Gasteiger charge is -2.25. The summed E-state index contributed by atoms with van der Waals surface area (Å²) >= 11 is 5.86. The summed E-state index contributed by atoms with van der Waals surface area (Å²) in [7, 11) is 0. The molecular formula is C18H19ClFNO2. The van der Waals surface area contributed by atoms with Crippen molar-refractivity contribution in [2.75, 3.05) is 6.54 Å². The summed E-state index contributed by atoms with van der Waals surface area (Å²) in [5, 5.41) is 13.3. The quantitative estimate of drug-likeness (QED) is 0.877. The maximum Gasteiger partial charge on any atom is 0.230 e. The van der Waals surface area contributed by atoms with Gasteiger partial charge in [-0.05, 0) is 37.6 Å². The van der Waals surface area contributed by atoms with Gasteiger partial charge in [-0.25, -0.2) is 4.39 Å². The molecule has 1 amide bonds. The van der Waals surface area contributed by atoms with E-state index in [4.69, 9.17) is 11.6 Å². The number of aliphatic hydroxyl groups is 1. The molecule has 1 unspecified atom stereocenters. The molecule has 0 spiro atoms. The molecule has 2 aromatic carbocycles. The zero-order chi connectivity index (χ0) is 17.0. The molecule has 0 heterocycles. The molecular weight excluding hydrogens is 317 g/mol. The van der Waals surface area contributed by atoms with E-state index in [0.717, 1.165) is 5.56 Å². The molecule has 2 N–H and O–H groups in total. The fraction of sp³-hybridized carbons (Fsp3) is 0.278. The summed E-state index contributed by atoms with van der Waals surface area (Å²) < 4.78 is 13.6. The Balaban J connectivity index is 2.04. The number of benzene rings is 2. The smallest absolute Gasteiger partial charge is 0.230 e. The van der Waals surface area contributed by atoms with Crippen molar-refractivity contribution in [2.45, 2.75) is 25.4 Å². The number of hydrogen-bond acceptors (Lipinski definition) is 2. The summed E-state index contributed by atoms with van der Waals surface area (Å²) in [5.74, 6) is -0.749. The van der Waals surface area contributed by atoms with Crippen LogP contribution in [0.15, 0.2) is 48.5 Å². The van der Waals surface area contributed by atoms with E-state index in [9.17, 15) is 14.3 Å². The first-order valence-corrected chi connectivity index (χ1v) is 7.67. The number of carbonyl (C=O) groups excluding carboxylic acids is 1. The summed E-state index contributed by atoms with van der Waals surface area (Å²) in [6, 6.07) is 13.0. The number of carbonyl (C=O) groups is 1. The Morgan fingerprint density at radius 1 is 1.22 bits per heavy atom. The van der Waals surface area contributed by atoms with Crippen molar-refractivity contribution in [3.63, 3.8) is 0 Å². The molecule has 0 saturated carbocycles. The van der Waals surface area contributed by atoms with Crippen molar-refractivity contribution in [1.82, 2.24) is 5.32 Å². The van der Waals surface area contributed by atoms with Gasteiger partial charge in [0.25, 0.3) is 0 Å². The van der Waals surface area contributed by atoms with Crippen LogP contribution in [0.25, 0.3) is 0 Å². The van der Waals surface area contributed by atoms with Crippen LogP contribution in [-0.2, 0) is 10.2 Å². The second-order valence-corrected chi connectivity index (χ2v) is 6.32. The van der Waals surface area contributed by atoms with Crippen molar-refractivity contribution >= 4 is 17.5 Å². The normalized spacial score (nSPS) is 12.7. The van der Waals surface area contributed by atoms with Crippen molar-refractivity contribution in [3.8, 4) is 0 Å². The average Bonchev–Trinajstić information content (AvgIpc) is 2.53. The molecule has 3 nitrogen and oxygen atoms in total. The predicted octanol–water partition coefficient (Wildman–Crippen LogP) is 3.61. The summed E-state index contributed by atoms with van der Waals surface area (Å²) in [6.45, 7) is 3.50. The molecule has 2 rings (SSSR count). The molecule has 0 aliphatic carbocycles. The van der Waals surface area contributed by atoms with Gasteiger partial charge in [0.2, 0.25) is 5.91 Å². The number of nitrogens with one attached hydrogen (secondary N) is 1. The lowest BCUT2D eigenvalue weighted by atomic mass is 9.83. The minimum atomic E-state index is -1.10. The topological polar surface area (TPSA) is 49.3 Å². The highest BCUT2D eigenvalue weighted by Gasteiger charge is 2.30. The van der Waals surface area contributed by atoms with Crippen LogP contribution in [0.1, 0.15) is 31.1 Å². The summed E-state index contributed by atoms with van der Waals surface area (Å²) in [6.07, 6.45) is -1.10. The second-order valence-electron chi connectivity index (χ2n) is 5.88. The maximum absolute atomic E-state index is 13.6. The van der Waals surface area contributed by atoms with Gasteiger partial charge in [0, 0.05) is 17.1 Å². The number of rotatable bonds is 5. The Morgan fingerprint density at radius 2 is 1.83 bits per heavy atom. The van der Waals surface area contributed by atoms with E-state index in [1.54, 1.807) is 50.2 Å². The van der Waals surface area contributed by atoms with Gasteiger partial charge < -0.3 is 10.4 Å². The van der Waals surface area contributed by atoms with Crippen molar-refractivity contribution < 1.29 is 14.3 Å². The molecule has 0 aliphatic rings. The Labute approximate surface area is 140 Å². The first-order valence-electron chi connectivity index (χ1n) is 7.29. The van der Waals surface area contributed by atoms with Crippen LogP contribution in [-0.4, -0.2) is 17.6 Å². The van der Waals surface area contributed by atoms with Gasteiger partial charge in [-0.3, -0.25) is 4.79 Å². The molecule has 0 aromatic heterocycles. The molecule has 122 valence electrons. The molecule has 0 saturated heterocycles. The fourth-order valence-corrected chi connectivity index (χ4v) is 2.39. The Morgan fingerprint density at radius 3 is 2.43 bits per heavy atom. The first-order chi connectivity index (χ1) is 10.8. The number of amides is 1. The first kappa shape index (κ1) is 17.4. The summed E-state index contributed by atoms with van der Waals surface area (Å²) in [5.41, 5.74) is 0.177. The lowest BCUT2D eigenvalue weighted by molar-refractivity contribution is -0.126. The maximum atomic E-state index is 13.6. The van der Waals surface area contributed by atoms with Gasteiger partial charge in [0.05, 0.1) is 11.5 Å². The van der Waals surface area contributed by atoms with Crippen molar-refractivity contribution in [3.05, 3.63) is 70.5 Å². The minimum absolute atomic E-state index is 0.0587. The Kier molecular flexibility index (Phi) is 5.39. The third-order valence-electron chi connectivity index (χ3n) is 3.85. The van der Waals surface area contributed by atoms with Crippen LogP contribution < -0.4 is 5.32 Å². The van der Waals surface area contributed by atoms with Crippen molar-refractivity contribution in [1.29, 1.82) is 0 Å². The number of aliphatic hydroxyl groups excluding tert-OH is 1. The molecule has 0 fully saturated rings. The third kappa shape index (κ3) is 4.09. The third-order valence-corrected chi connectivity index (χ3v) is 4.11. The lowest BCUT2D eigenvalue weighted by Crippen LogP contribution is -2.41. The number of halogens is 2. The molecule has 0 aliphatic heterocycles. The number of hydrogen-bond donors (Lipinski definition) is 2. The van der Waals surface area contributed by atoms with Crippen LogP contribution in [0.2, 0.25) is 5.02 Å². The zero-order valence-electron chi connectivity index (χ0n) is 13.0. The van der Waals surface area contributed by atoms with Gasteiger partial charge in [-0.1, -0.05) is 41.9 Å². The Bertz CT molecular complexity index is 686. The highest BCUT2D eigenvalue weighted by atomic mass is 35.5. The zero-order valence-corrected chi connectivity index (χ0v) is 13.8. The van der Waals surface area contributed by atoms with Crippen LogP contribution in [0.3, 0.4) is 0 Å². The van der Waals surface area contributed by atoms with E-state index >= 15 is 0 Å². The molecule has 2 aromatic rings. The van der Waals surface area contributed by atoms with Gasteiger partial charge in [-0.2, -0.15) is 0 Å². The van der Waals surface area contributed by atoms with E-state index in [-0.39, 0.29) is 18.0 Å². The monoisotopic (exact) mass is 335 g/mol. The SMILES string of the molecule is CC(C)(C(=O)NCC(O)c1ccccc1F)c1ccc(Cl)cc1.